The lowest BCUT2D eigenvalue weighted by molar-refractivity contribution is -0.120. The Bertz CT molecular complexity index is 740. The number of halogens is 1. The largest absolute Gasteiger partial charge is 0.354 e. The van der Waals surface area contributed by atoms with Gasteiger partial charge in [0, 0.05) is 24.7 Å². The van der Waals surface area contributed by atoms with Gasteiger partial charge >= 0.3 is 0 Å². The Balaban J connectivity index is 1.36. The normalized spacial score (nSPS) is 13.5. The minimum atomic E-state index is -0.364. The van der Waals surface area contributed by atoms with E-state index in [1.54, 1.807) is 18.2 Å². The Hall–Kier alpha value is -2.70. The molecule has 7 heteroatoms. The fourth-order valence-electron chi connectivity index (χ4n) is 2.42. The van der Waals surface area contributed by atoms with Crippen molar-refractivity contribution in [2.45, 2.75) is 25.2 Å². The first-order valence-corrected chi connectivity index (χ1v) is 7.96. The van der Waals surface area contributed by atoms with E-state index in [0.717, 1.165) is 18.5 Å². The highest BCUT2D eigenvalue weighted by molar-refractivity contribution is 5.92. The molecule has 0 unspecified atom stereocenters. The predicted molar refractivity (Wildman–Crippen MR) is 86.0 cm³/mol. The monoisotopic (exact) mass is 330 g/mol. The van der Waals surface area contributed by atoms with Gasteiger partial charge in [-0.3, -0.25) is 14.7 Å². The highest BCUT2D eigenvalue weighted by Gasteiger charge is 2.26. The van der Waals surface area contributed by atoms with Crippen LogP contribution in [0.1, 0.15) is 40.5 Å². The van der Waals surface area contributed by atoms with Crippen molar-refractivity contribution in [1.29, 1.82) is 0 Å². The first-order chi connectivity index (χ1) is 11.6. The first-order valence-electron chi connectivity index (χ1n) is 7.96. The smallest absolute Gasteiger partial charge is 0.271 e. The number of amides is 2. The van der Waals surface area contributed by atoms with Crippen LogP contribution in [0.3, 0.4) is 0 Å². The standard InChI is InChI=1S/C17H19FN4O2/c18-13-3-1-2-11(8-13)9-16(23)19-6-7-20-17(24)15-10-14(21-22-15)12-4-5-12/h1-3,8,10,12H,4-7,9H2,(H,19,23)(H,20,24)(H,21,22). The second-order valence-electron chi connectivity index (χ2n) is 5.90. The molecule has 2 amide bonds. The number of benzene rings is 1. The molecule has 1 heterocycles. The average Bonchev–Trinajstić information content (AvgIpc) is 3.28. The molecular formula is C17H19FN4O2. The average molecular weight is 330 g/mol. The van der Waals surface area contributed by atoms with Crippen LogP contribution >= 0.6 is 0 Å². The zero-order chi connectivity index (χ0) is 16.9. The summed E-state index contributed by atoms with van der Waals surface area (Å²) in [6, 6.07) is 7.70. The van der Waals surface area contributed by atoms with E-state index in [-0.39, 0.29) is 24.1 Å². The summed E-state index contributed by atoms with van der Waals surface area (Å²) in [5.41, 5.74) is 1.98. The van der Waals surface area contributed by atoms with E-state index in [1.165, 1.54) is 12.1 Å². The van der Waals surface area contributed by atoms with E-state index in [9.17, 15) is 14.0 Å². The molecule has 0 aliphatic heterocycles. The number of hydrogen-bond acceptors (Lipinski definition) is 3. The van der Waals surface area contributed by atoms with Crippen LogP contribution in [0.4, 0.5) is 4.39 Å². The van der Waals surface area contributed by atoms with Crippen LogP contribution in [0.2, 0.25) is 0 Å². The Labute approximate surface area is 138 Å². The Kier molecular flexibility index (Phi) is 4.88. The third-order valence-corrected chi connectivity index (χ3v) is 3.83. The van der Waals surface area contributed by atoms with Gasteiger partial charge in [0.05, 0.1) is 6.42 Å². The first kappa shape index (κ1) is 16.2. The maximum atomic E-state index is 13.0. The lowest BCUT2D eigenvalue weighted by Crippen LogP contribution is -2.35. The van der Waals surface area contributed by atoms with Gasteiger partial charge in [0.25, 0.3) is 5.91 Å². The number of nitrogens with zero attached hydrogens (tertiary/aromatic N) is 1. The zero-order valence-electron chi connectivity index (χ0n) is 13.1. The molecule has 2 aromatic rings. The summed E-state index contributed by atoms with van der Waals surface area (Å²) < 4.78 is 13.0. The molecular weight excluding hydrogens is 311 g/mol. The van der Waals surface area contributed by atoms with Crippen LogP contribution in [0.25, 0.3) is 0 Å². The Morgan fingerprint density at radius 2 is 2.00 bits per heavy atom. The molecule has 0 radical (unpaired) electrons. The topological polar surface area (TPSA) is 86.9 Å². The molecule has 3 rings (SSSR count). The number of carbonyl (C=O) groups is 2. The number of aromatic amines is 1. The maximum Gasteiger partial charge on any atom is 0.271 e. The molecule has 1 saturated carbocycles. The van der Waals surface area contributed by atoms with Gasteiger partial charge in [0.1, 0.15) is 11.5 Å². The van der Waals surface area contributed by atoms with Crippen molar-refractivity contribution in [3.63, 3.8) is 0 Å². The fraction of sp³-hybridized carbons (Fsp3) is 0.353. The van der Waals surface area contributed by atoms with Crippen molar-refractivity contribution in [2.24, 2.45) is 0 Å². The fourth-order valence-corrected chi connectivity index (χ4v) is 2.42. The second-order valence-corrected chi connectivity index (χ2v) is 5.90. The Morgan fingerprint density at radius 3 is 2.75 bits per heavy atom. The molecule has 24 heavy (non-hydrogen) atoms. The SMILES string of the molecule is O=C(Cc1cccc(F)c1)NCCNC(=O)c1cc(C2CC2)[nH]n1. The lowest BCUT2D eigenvalue weighted by Gasteiger charge is -2.06. The molecule has 6 nitrogen and oxygen atoms in total. The van der Waals surface area contributed by atoms with E-state index in [0.29, 0.717) is 30.3 Å². The summed E-state index contributed by atoms with van der Waals surface area (Å²) in [5.74, 6) is -0.332. The second kappa shape index (κ2) is 7.25. The van der Waals surface area contributed by atoms with Crippen molar-refractivity contribution >= 4 is 11.8 Å². The third-order valence-electron chi connectivity index (χ3n) is 3.83. The summed E-state index contributed by atoms with van der Waals surface area (Å²) in [7, 11) is 0. The molecule has 0 spiro atoms. The van der Waals surface area contributed by atoms with Gasteiger partial charge in [-0.15, -0.1) is 0 Å². The number of rotatable bonds is 7. The summed E-state index contributed by atoms with van der Waals surface area (Å²) in [4.78, 5) is 23.7. The van der Waals surface area contributed by atoms with Crippen molar-refractivity contribution in [2.75, 3.05) is 13.1 Å². The number of H-pyrrole nitrogens is 1. The number of nitrogens with one attached hydrogen (secondary N) is 3. The summed E-state index contributed by atoms with van der Waals surface area (Å²) in [6.07, 6.45) is 2.39. The molecule has 126 valence electrons. The predicted octanol–water partition coefficient (Wildman–Crippen LogP) is 1.51. The maximum absolute atomic E-state index is 13.0. The van der Waals surface area contributed by atoms with Gasteiger partial charge in [0.15, 0.2) is 0 Å². The number of carbonyl (C=O) groups excluding carboxylic acids is 2. The van der Waals surface area contributed by atoms with Crippen molar-refractivity contribution in [3.05, 3.63) is 53.1 Å². The minimum absolute atomic E-state index is 0.107. The summed E-state index contributed by atoms with van der Waals surface area (Å²) in [5, 5.41) is 12.3. The minimum Gasteiger partial charge on any atom is -0.354 e. The third kappa shape index (κ3) is 4.41. The van der Waals surface area contributed by atoms with Crippen LogP contribution in [0, 0.1) is 5.82 Å². The molecule has 1 aliphatic carbocycles. The van der Waals surface area contributed by atoms with Crippen molar-refractivity contribution in [1.82, 2.24) is 20.8 Å². The molecule has 0 bridgehead atoms. The van der Waals surface area contributed by atoms with E-state index >= 15 is 0 Å². The van der Waals surface area contributed by atoms with Crippen LogP contribution in [0.15, 0.2) is 30.3 Å². The van der Waals surface area contributed by atoms with E-state index < -0.39 is 0 Å². The van der Waals surface area contributed by atoms with Gasteiger partial charge in [-0.05, 0) is 36.6 Å². The van der Waals surface area contributed by atoms with E-state index in [1.807, 2.05) is 0 Å². The van der Waals surface area contributed by atoms with Crippen molar-refractivity contribution in [3.8, 4) is 0 Å². The van der Waals surface area contributed by atoms with E-state index in [4.69, 9.17) is 0 Å². The van der Waals surface area contributed by atoms with E-state index in [2.05, 4.69) is 20.8 Å². The molecule has 0 saturated heterocycles. The summed E-state index contributed by atoms with van der Waals surface area (Å²) >= 11 is 0. The van der Waals surface area contributed by atoms with Gasteiger partial charge in [-0.1, -0.05) is 12.1 Å². The van der Waals surface area contributed by atoms with Crippen molar-refractivity contribution < 1.29 is 14.0 Å². The molecule has 3 N–H and O–H groups in total. The molecule has 1 aliphatic rings. The van der Waals surface area contributed by atoms with Crippen LogP contribution in [-0.2, 0) is 11.2 Å². The molecule has 1 aromatic carbocycles. The van der Waals surface area contributed by atoms with Gasteiger partial charge in [-0.25, -0.2) is 4.39 Å². The summed E-state index contributed by atoms with van der Waals surface area (Å²) in [6.45, 7) is 0.610. The van der Waals surface area contributed by atoms with Crippen LogP contribution in [0.5, 0.6) is 0 Å². The van der Waals surface area contributed by atoms with Gasteiger partial charge in [-0.2, -0.15) is 5.10 Å². The van der Waals surface area contributed by atoms with Crippen LogP contribution < -0.4 is 10.6 Å². The highest BCUT2D eigenvalue weighted by atomic mass is 19.1. The Morgan fingerprint density at radius 1 is 1.21 bits per heavy atom. The van der Waals surface area contributed by atoms with Gasteiger partial charge < -0.3 is 10.6 Å². The molecule has 1 aromatic heterocycles. The number of aromatic nitrogens is 2. The molecule has 1 fully saturated rings. The quantitative estimate of drug-likeness (QED) is 0.673. The lowest BCUT2D eigenvalue weighted by atomic mass is 10.1. The van der Waals surface area contributed by atoms with Crippen LogP contribution in [-0.4, -0.2) is 35.1 Å². The van der Waals surface area contributed by atoms with Gasteiger partial charge in [0.2, 0.25) is 5.91 Å². The highest BCUT2D eigenvalue weighted by Crippen LogP contribution is 2.38. The molecule has 0 atom stereocenters. The number of hydrogen-bond donors (Lipinski definition) is 3. The zero-order valence-corrected chi connectivity index (χ0v) is 13.1.